The minimum atomic E-state index is -4.01. The number of nitrogens with zero attached hydrogens (tertiary/aromatic N) is 5. The molecular weight excluding hydrogens is 783 g/mol. The number of anilines is 2. The van der Waals surface area contributed by atoms with Gasteiger partial charge in [-0.2, -0.15) is 18.0 Å². The molecule has 2 amide bonds. The van der Waals surface area contributed by atoms with E-state index < -0.39 is 33.7 Å². The number of hydrogen-bond donors (Lipinski definition) is 3. The molecule has 4 atom stereocenters. The summed E-state index contributed by atoms with van der Waals surface area (Å²) in [6.45, 7) is 3.70. The number of benzene rings is 3. The minimum absolute atomic E-state index is 0.0409. The van der Waals surface area contributed by atoms with E-state index in [0.29, 0.717) is 41.1 Å². The number of fused-ring (bicyclic) bond motifs is 2. The number of ether oxygens (including phenoxy) is 1. The summed E-state index contributed by atoms with van der Waals surface area (Å²) in [7, 11) is -2.64. The summed E-state index contributed by atoms with van der Waals surface area (Å²) in [5.41, 5.74) is 0.907. The topological polar surface area (TPSA) is 179 Å². The number of carbonyl (C=O) groups excluding carboxylic acids is 2. The van der Waals surface area contributed by atoms with Crippen molar-refractivity contribution in [2.24, 2.45) is 11.8 Å². The highest BCUT2D eigenvalue weighted by atomic mass is 32.2. The molecular formula is C42H46F2N8O6S. The van der Waals surface area contributed by atoms with E-state index in [4.69, 9.17) is 4.74 Å². The maximum atomic E-state index is 15.3. The number of carbonyl (C=O) groups is 2. The van der Waals surface area contributed by atoms with Crippen LogP contribution in [0.5, 0.6) is 11.5 Å². The van der Waals surface area contributed by atoms with Crippen molar-refractivity contribution in [2.45, 2.75) is 82.3 Å². The largest absolute Gasteiger partial charge is 0.453 e. The normalized spacial score (nSPS) is 24.8. The quantitative estimate of drug-likeness (QED) is 0.157. The second-order valence-electron chi connectivity index (χ2n) is 16.2. The van der Waals surface area contributed by atoms with Crippen LogP contribution in [0, 0.1) is 34.8 Å². The van der Waals surface area contributed by atoms with Gasteiger partial charge in [0.25, 0.3) is 5.56 Å². The predicted molar refractivity (Wildman–Crippen MR) is 216 cm³/mol. The lowest BCUT2D eigenvalue weighted by molar-refractivity contribution is -0.133. The molecule has 2 aliphatic heterocycles. The molecule has 2 saturated carbocycles. The SMILES string of the molecule is CCN(C)S(=O)(=O)Nc1ccc(F)c(Oc2ccc3ncn(C4C[C@@H]5CN(C6CCC(c7ccc(NC8CCC(=O)NC8=O)cc7F)CC6)C[C@@H]5C4)c(=O)c3c2)c1C#N. The predicted octanol–water partition coefficient (Wildman–Crippen LogP) is 5.77. The summed E-state index contributed by atoms with van der Waals surface area (Å²) < 4.78 is 66.6. The Morgan fingerprint density at radius 1 is 0.966 bits per heavy atom. The fraction of sp³-hybridized carbons (Fsp3) is 0.452. The number of rotatable bonds is 11. The smallest absolute Gasteiger partial charge is 0.301 e. The van der Waals surface area contributed by atoms with Crippen LogP contribution < -0.4 is 25.7 Å². The molecule has 0 spiro atoms. The van der Waals surface area contributed by atoms with Crippen molar-refractivity contribution in [3.8, 4) is 17.6 Å². The molecule has 17 heteroatoms. The van der Waals surface area contributed by atoms with E-state index in [-0.39, 0.29) is 64.6 Å². The van der Waals surface area contributed by atoms with Crippen molar-refractivity contribution < 1.29 is 31.5 Å². The number of aromatic nitrogens is 2. The van der Waals surface area contributed by atoms with Gasteiger partial charge in [-0.1, -0.05) is 13.0 Å². The Bertz CT molecular complexity index is 2510. The van der Waals surface area contributed by atoms with Gasteiger partial charge < -0.3 is 10.1 Å². The first kappa shape index (κ1) is 40.3. The molecule has 4 aromatic rings. The fourth-order valence-corrected chi connectivity index (χ4v) is 10.3. The van der Waals surface area contributed by atoms with Crippen LogP contribution in [0.1, 0.15) is 81.4 Å². The van der Waals surface area contributed by atoms with Crippen molar-refractivity contribution in [2.75, 3.05) is 36.7 Å². The van der Waals surface area contributed by atoms with Gasteiger partial charge in [0.05, 0.1) is 22.9 Å². The maximum absolute atomic E-state index is 15.3. The lowest BCUT2D eigenvalue weighted by Gasteiger charge is -2.35. The molecule has 8 rings (SSSR count). The van der Waals surface area contributed by atoms with Gasteiger partial charge in [0.2, 0.25) is 11.8 Å². The molecule has 2 aliphatic carbocycles. The molecule has 310 valence electrons. The van der Waals surface area contributed by atoms with Crippen LogP contribution in [-0.2, 0) is 19.8 Å². The summed E-state index contributed by atoms with van der Waals surface area (Å²) in [5, 5.41) is 15.6. The Labute approximate surface area is 340 Å². The Kier molecular flexibility index (Phi) is 11.2. The third-order valence-electron chi connectivity index (χ3n) is 12.7. The molecule has 3 heterocycles. The third-order valence-corrected chi connectivity index (χ3v) is 14.2. The molecule has 0 radical (unpaired) electrons. The van der Waals surface area contributed by atoms with Crippen molar-refractivity contribution in [1.82, 2.24) is 24.1 Å². The zero-order valence-corrected chi connectivity index (χ0v) is 33.6. The summed E-state index contributed by atoms with van der Waals surface area (Å²) >= 11 is 0. The molecule has 4 aliphatic rings. The van der Waals surface area contributed by atoms with E-state index in [9.17, 15) is 28.1 Å². The first-order valence-electron chi connectivity index (χ1n) is 20.1. The van der Waals surface area contributed by atoms with E-state index in [2.05, 4.69) is 25.2 Å². The van der Waals surface area contributed by atoms with Gasteiger partial charge in [-0.3, -0.25) is 33.9 Å². The average molecular weight is 829 g/mol. The highest BCUT2D eigenvalue weighted by Gasteiger charge is 2.44. The Morgan fingerprint density at radius 2 is 1.71 bits per heavy atom. The van der Waals surface area contributed by atoms with Crippen LogP contribution in [0.15, 0.2) is 59.7 Å². The number of hydrogen-bond acceptors (Lipinski definition) is 10. The van der Waals surface area contributed by atoms with Gasteiger partial charge in [-0.25, -0.2) is 13.8 Å². The van der Waals surface area contributed by atoms with Gasteiger partial charge >= 0.3 is 10.2 Å². The van der Waals surface area contributed by atoms with E-state index in [1.807, 2.05) is 18.2 Å². The molecule has 1 aromatic heterocycles. The second-order valence-corrected chi connectivity index (χ2v) is 17.9. The van der Waals surface area contributed by atoms with Gasteiger partial charge in [0.1, 0.15) is 29.2 Å². The molecule has 2 saturated heterocycles. The van der Waals surface area contributed by atoms with Crippen LogP contribution >= 0.6 is 0 Å². The van der Waals surface area contributed by atoms with Gasteiger partial charge in [0.15, 0.2) is 11.6 Å². The molecule has 0 bridgehead atoms. The number of halogens is 2. The van der Waals surface area contributed by atoms with Crippen LogP contribution in [0.25, 0.3) is 10.9 Å². The zero-order chi connectivity index (χ0) is 41.6. The Morgan fingerprint density at radius 3 is 2.39 bits per heavy atom. The number of amides is 2. The van der Waals surface area contributed by atoms with Crippen molar-refractivity contribution >= 4 is 44.3 Å². The molecule has 3 N–H and O–H groups in total. The van der Waals surface area contributed by atoms with Crippen molar-refractivity contribution in [3.63, 3.8) is 0 Å². The summed E-state index contributed by atoms with van der Waals surface area (Å²) in [6.07, 6.45) is 7.57. The van der Waals surface area contributed by atoms with Crippen molar-refractivity contribution in [3.05, 3.63) is 88.0 Å². The van der Waals surface area contributed by atoms with E-state index in [1.165, 1.54) is 25.2 Å². The van der Waals surface area contributed by atoms with E-state index in [0.717, 1.165) is 68.1 Å². The highest BCUT2D eigenvalue weighted by molar-refractivity contribution is 7.90. The van der Waals surface area contributed by atoms with Crippen LogP contribution in [0.3, 0.4) is 0 Å². The van der Waals surface area contributed by atoms with E-state index >= 15 is 8.78 Å². The molecule has 4 fully saturated rings. The summed E-state index contributed by atoms with van der Waals surface area (Å²) in [5.74, 6) is -1.27. The molecule has 3 aromatic carbocycles. The van der Waals surface area contributed by atoms with Crippen LogP contribution in [-0.4, -0.2) is 77.8 Å². The van der Waals surface area contributed by atoms with E-state index in [1.54, 1.807) is 23.9 Å². The van der Waals surface area contributed by atoms with Crippen molar-refractivity contribution in [1.29, 1.82) is 5.26 Å². The lowest BCUT2D eigenvalue weighted by atomic mass is 9.81. The summed E-state index contributed by atoms with van der Waals surface area (Å²) in [4.78, 5) is 44.7. The number of nitrogens with one attached hydrogen (secondary N) is 3. The summed E-state index contributed by atoms with van der Waals surface area (Å²) in [6, 6.07) is 13.5. The molecule has 59 heavy (non-hydrogen) atoms. The Hall–Kier alpha value is -5.44. The molecule has 2 unspecified atom stereocenters. The monoisotopic (exact) mass is 828 g/mol. The number of nitriles is 1. The maximum Gasteiger partial charge on any atom is 0.301 e. The number of piperidine rings is 1. The Balaban J connectivity index is 0.888. The zero-order valence-electron chi connectivity index (χ0n) is 32.8. The second kappa shape index (κ2) is 16.3. The highest BCUT2D eigenvalue weighted by Crippen LogP contribution is 2.46. The average Bonchev–Trinajstić information content (AvgIpc) is 3.80. The third kappa shape index (κ3) is 8.13. The van der Waals surface area contributed by atoms with Gasteiger partial charge in [-0.05, 0) is 111 Å². The molecule has 14 nitrogen and oxygen atoms in total. The standard InChI is InChI=1S/C42H46F2N8O6S/c1-3-50(2)59(56,57)49-37-13-11-34(43)40(33(37)20-45)58-30-9-12-36-32(19-30)42(55)52(23-46-36)29-16-25-21-51(22-26(25)17-29)28-7-4-24(5-8-28)31-10-6-27(18-35(31)44)47-38-14-15-39(53)48-41(38)54/h6,9-13,18-19,23-26,28-29,38,47,49H,3-5,7-8,14-17,21-22H2,1-2H3,(H,48,53,54)/t24?,25-,26+,28?,29?,38?. The minimum Gasteiger partial charge on any atom is -0.453 e. The van der Waals surface area contributed by atoms with Gasteiger partial charge in [-0.15, -0.1) is 0 Å². The number of likely N-dealkylation sites (tertiary alicyclic amines) is 1. The first-order valence-corrected chi connectivity index (χ1v) is 21.5. The van der Waals surface area contributed by atoms with Crippen LogP contribution in [0.2, 0.25) is 0 Å². The fourth-order valence-electron chi connectivity index (χ4n) is 9.36. The lowest BCUT2D eigenvalue weighted by Crippen LogP contribution is -2.47. The first-order chi connectivity index (χ1) is 28.3. The van der Waals surface area contributed by atoms with Gasteiger partial charge in [0, 0.05) is 50.9 Å². The number of imide groups is 1. The van der Waals surface area contributed by atoms with Crippen LogP contribution in [0.4, 0.5) is 20.2 Å².